The normalized spacial score (nSPS) is 12.6. The lowest BCUT2D eigenvalue weighted by molar-refractivity contribution is -0.144. The van der Waals surface area contributed by atoms with Gasteiger partial charge in [0, 0.05) is 11.4 Å². The molecule has 2 aromatic carbocycles. The first-order valence-electron chi connectivity index (χ1n) is 9.64. The first-order valence-corrected chi connectivity index (χ1v) is 9.64. The van der Waals surface area contributed by atoms with Crippen LogP contribution in [0.4, 0.5) is 19.0 Å². The maximum Gasteiger partial charge on any atom is 0.451 e. The Balaban J connectivity index is 1.92. The Morgan fingerprint density at radius 3 is 2.53 bits per heavy atom. The quantitative estimate of drug-likeness (QED) is 0.532. The Morgan fingerprint density at radius 1 is 1.13 bits per heavy atom. The van der Waals surface area contributed by atoms with E-state index >= 15 is 0 Å². The summed E-state index contributed by atoms with van der Waals surface area (Å²) in [6, 6.07) is 13.9. The van der Waals surface area contributed by atoms with Gasteiger partial charge in [0.2, 0.25) is 5.82 Å². The molecule has 1 atom stereocenters. The SMILES string of the molecule is CCOC(=O)c1ccc2nc(C(F)(F)F)nc(N[C@@H](C)CCc3ccccc3)c2c1. The first kappa shape index (κ1) is 21.5. The molecule has 0 aliphatic rings. The average molecular weight is 417 g/mol. The minimum absolute atomic E-state index is 0.0408. The zero-order valence-electron chi connectivity index (χ0n) is 16.7. The van der Waals surface area contributed by atoms with Crippen LogP contribution in [0.25, 0.3) is 10.9 Å². The first-order chi connectivity index (χ1) is 14.3. The minimum atomic E-state index is -4.68. The van der Waals surface area contributed by atoms with Crippen LogP contribution in [-0.4, -0.2) is 28.6 Å². The number of hydrogen-bond acceptors (Lipinski definition) is 5. The highest BCUT2D eigenvalue weighted by Crippen LogP contribution is 2.31. The van der Waals surface area contributed by atoms with Crippen LogP contribution in [0.5, 0.6) is 0 Å². The number of carbonyl (C=O) groups is 1. The molecular weight excluding hydrogens is 395 g/mol. The van der Waals surface area contributed by atoms with Crippen molar-refractivity contribution >= 4 is 22.7 Å². The summed E-state index contributed by atoms with van der Waals surface area (Å²) < 4.78 is 44.8. The van der Waals surface area contributed by atoms with Crippen molar-refractivity contribution in [3.8, 4) is 0 Å². The predicted octanol–water partition coefficient (Wildman–Crippen LogP) is 5.26. The van der Waals surface area contributed by atoms with Crippen LogP contribution in [0.1, 0.15) is 42.0 Å². The van der Waals surface area contributed by atoms with Crippen LogP contribution in [0.2, 0.25) is 0 Å². The highest BCUT2D eigenvalue weighted by Gasteiger charge is 2.35. The number of aryl methyl sites for hydroxylation is 1. The highest BCUT2D eigenvalue weighted by atomic mass is 19.4. The Kier molecular flexibility index (Phi) is 6.54. The van der Waals surface area contributed by atoms with Crippen LogP contribution in [0.15, 0.2) is 48.5 Å². The molecule has 3 rings (SSSR count). The monoisotopic (exact) mass is 417 g/mol. The number of halogens is 3. The summed E-state index contributed by atoms with van der Waals surface area (Å²) in [6.07, 6.45) is -3.23. The van der Waals surface area contributed by atoms with E-state index in [1.165, 1.54) is 18.2 Å². The molecule has 0 unspecified atom stereocenters. The van der Waals surface area contributed by atoms with Crippen LogP contribution >= 0.6 is 0 Å². The van der Waals surface area contributed by atoms with Crippen molar-refractivity contribution in [3.63, 3.8) is 0 Å². The number of carbonyl (C=O) groups excluding carboxylic acids is 1. The standard InChI is InChI=1S/C22H22F3N3O2/c1-3-30-20(29)16-11-12-18-17(13-16)19(28-21(27-18)22(23,24)25)26-14(2)9-10-15-7-5-4-6-8-15/h4-8,11-14H,3,9-10H2,1-2H3,(H,26,27,28)/t14-/m0/s1. The van der Waals surface area contributed by atoms with E-state index in [1.54, 1.807) is 6.92 Å². The van der Waals surface area contributed by atoms with Gasteiger partial charge in [-0.05, 0) is 50.5 Å². The van der Waals surface area contributed by atoms with E-state index in [1.807, 2.05) is 37.3 Å². The third-order valence-corrected chi connectivity index (χ3v) is 4.55. The number of ether oxygens (including phenoxy) is 1. The van der Waals surface area contributed by atoms with Gasteiger partial charge in [-0.1, -0.05) is 30.3 Å². The van der Waals surface area contributed by atoms with E-state index in [0.717, 1.165) is 12.0 Å². The van der Waals surface area contributed by atoms with E-state index in [2.05, 4.69) is 15.3 Å². The number of rotatable bonds is 7. The Hall–Kier alpha value is -3.16. The van der Waals surface area contributed by atoms with E-state index in [-0.39, 0.29) is 29.5 Å². The number of hydrogen-bond donors (Lipinski definition) is 1. The molecule has 0 aliphatic heterocycles. The average Bonchev–Trinajstić information content (AvgIpc) is 2.72. The topological polar surface area (TPSA) is 64.1 Å². The molecule has 0 radical (unpaired) electrons. The number of esters is 1. The largest absolute Gasteiger partial charge is 0.462 e. The van der Waals surface area contributed by atoms with Crippen molar-refractivity contribution in [1.82, 2.24) is 9.97 Å². The van der Waals surface area contributed by atoms with Crippen molar-refractivity contribution in [1.29, 1.82) is 0 Å². The molecule has 5 nitrogen and oxygen atoms in total. The fourth-order valence-electron chi connectivity index (χ4n) is 3.04. The summed E-state index contributed by atoms with van der Waals surface area (Å²) in [4.78, 5) is 19.4. The summed E-state index contributed by atoms with van der Waals surface area (Å²) in [5.74, 6) is -1.74. The molecule has 0 saturated heterocycles. The molecule has 3 aromatic rings. The van der Waals surface area contributed by atoms with Crippen molar-refractivity contribution in [3.05, 3.63) is 65.5 Å². The molecule has 0 spiro atoms. The molecule has 1 N–H and O–H groups in total. The maximum atomic E-state index is 13.3. The van der Waals surface area contributed by atoms with Crippen molar-refractivity contribution < 1.29 is 22.7 Å². The third kappa shape index (κ3) is 5.25. The van der Waals surface area contributed by atoms with Crippen LogP contribution in [0, 0.1) is 0 Å². The molecule has 30 heavy (non-hydrogen) atoms. The molecule has 1 heterocycles. The Morgan fingerprint density at radius 2 is 1.87 bits per heavy atom. The summed E-state index contributed by atoms with van der Waals surface area (Å²) in [5, 5.41) is 3.40. The van der Waals surface area contributed by atoms with Gasteiger partial charge >= 0.3 is 12.1 Å². The Bertz CT molecular complexity index is 1020. The summed E-state index contributed by atoms with van der Waals surface area (Å²) in [7, 11) is 0. The number of alkyl halides is 3. The van der Waals surface area contributed by atoms with E-state index in [4.69, 9.17) is 4.74 Å². The zero-order chi connectivity index (χ0) is 21.7. The van der Waals surface area contributed by atoms with Crippen molar-refractivity contribution in [2.45, 2.75) is 38.9 Å². The van der Waals surface area contributed by atoms with E-state index in [0.29, 0.717) is 11.8 Å². The number of nitrogens with one attached hydrogen (secondary N) is 1. The molecule has 1 aromatic heterocycles. The van der Waals surface area contributed by atoms with Gasteiger partial charge in [0.05, 0.1) is 17.7 Å². The molecule has 0 amide bonds. The summed E-state index contributed by atoms with van der Waals surface area (Å²) in [5.41, 5.74) is 1.47. The second kappa shape index (κ2) is 9.11. The summed E-state index contributed by atoms with van der Waals surface area (Å²) >= 11 is 0. The smallest absolute Gasteiger partial charge is 0.451 e. The summed E-state index contributed by atoms with van der Waals surface area (Å²) in [6.45, 7) is 3.75. The van der Waals surface area contributed by atoms with Gasteiger partial charge in [-0.15, -0.1) is 0 Å². The third-order valence-electron chi connectivity index (χ3n) is 4.55. The highest BCUT2D eigenvalue weighted by molar-refractivity contribution is 5.98. The second-order valence-electron chi connectivity index (χ2n) is 6.92. The van der Waals surface area contributed by atoms with Crippen molar-refractivity contribution in [2.75, 3.05) is 11.9 Å². The van der Waals surface area contributed by atoms with E-state index in [9.17, 15) is 18.0 Å². The zero-order valence-corrected chi connectivity index (χ0v) is 16.7. The lowest BCUT2D eigenvalue weighted by Gasteiger charge is -2.18. The van der Waals surface area contributed by atoms with Gasteiger partial charge in [-0.25, -0.2) is 14.8 Å². The number of aromatic nitrogens is 2. The number of anilines is 1. The van der Waals surface area contributed by atoms with Gasteiger partial charge in [-0.3, -0.25) is 0 Å². The second-order valence-corrected chi connectivity index (χ2v) is 6.92. The molecule has 0 bridgehead atoms. The van der Waals surface area contributed by atoms with Crippen LogP contribution < -0.4 is 5.32 Å². The molecule has 8 heteroatoms. The van der Waals surface area contributed by atoms with Gasteiger partial charge in [-0.2, -0.15) is 13.2 Å². The van der Waals surface area contributed by atoms with Gasteiger partial charge in [0.15, 0.2) is 0 Å². The van der Waals surface area contributed by atoms with Gasteiger partial charge in [0.25, 0.3) is 0 Å². The fraction of sp³-hybridized carbons (Fsp3) is 0.318. The molecule has 0 aliphatic carbocycles. The fourth-order valence-corrected chi connectivity index (χ4v) is 3.04. The molecule has 0 fully saturated rings. The Labute approximate surface area is 172 Å². The maximum absolute atomic E-state index is 13.3. The molecule has 158 valence electrons. The van der Waals surface area contributed by atoms with Gasteiger partial charge < -0.3 is 10.1 Å². The minimum Gasteiger partial charge on any atom is -0.462 e. The lowest BCUT2D eigenvalue weighted by Crippen LogP contribution is -2.20. The van der Waals surface area contributed by atoms with Crippen LogP contribution in [-0.2, 0) is 17.3 Å². The number of nitrogens with zero attached hydrogens (tertiary/aromatic N) is 2. The number of benzene rings is 2. The predicted molar refractivity (Wildman–Crippen MR) is 108 cm³/mol. The molecular formula is C22H22F3N3O2. The van der Waals surface area contributed by atoms with E-state index < -0.39 is 18.0 Å². The number of fused-ring (bicyclic) bond motifs is 1. The lowest BCUT2D eigenvalue weighted by atomic mass is 10.1. The van der Waals surface area contributed by atoms with Crippen molar-refractivity contribution in [2.24, 2.45) is 0 Å². The van der Waals surface area contributed by atoms with Crippen LogP contribution in [0.3, 0.4) is 0 Å². The molecule has 0 saturated carbocycles. The van der Waals surface area contributed by atoms with Gasteiger partial charge in [0.1, 0.15) is 5.82 Å².